The molecule has 1 fully saturated rings. The summed E-state index contributed by atoms with van der Waals surface area (Å²) in [4.78, 5) is 14.4. The lowest BCUT2D eigenvalue weighted by Gasteiger charge is -2.32. The van der Waals surface area contributed by atoms with Gasteiger partial charge in [0.1, 0.15) is 0 Å². The van der Waals surface area contributed by atoms with Gasteiger partial charge in [0.2, 0.25) is 5.91 Å². The molecule has 1 aliphatic rings. The minimum absolute atomic E-state index is 0.0331. The molecule has 1 unspecified atom stereocenters. The molecule has 0 spiro atoms. The third kappa shape index (κ3) is 5.13. The van der Waals surface area contributed by atoms with Gasteiger partial charge in [-0.2, -0.15) is 5.26 Å². The topological polar surface area (TPSA) is 86.8 Å². The number of aromatic nitrogens is 3. The van der Waals surface area contributed by atoms with Gasteiger partial charge < -0.3 is 5.32 Å². The highest BCUT2D eigenvalue weighted by atomic mass is 16.2. The van der Waals surface area contributed by atoms with Crippen LogP contribution >= 0.6 is 0 Å². The molecule has 2 heterocycles. The SMILES string of the molecule is N#Cc1ccc(CNC(=O)CN2CCCC(Cn3ccnn3)C2)cc1. The van der Waals surface area contributed by atoms with Crippen LogP contribution in [0.25, 0.3) is 0 Å². The van der Waals surface area contributed by atoms with Crippen LogP contribution in [-0.2, 0) is 17.9 Å². The number of benzene rings is 1. The molecule has 1 amide bonds. The molecule has 7 heteroatoms. The van der Waals surface area contributed by atoms with Crippen molar-refractivity contribution in [1.29, 1.82) is 5.26 Å². The minimum atomic E-state index is 0.0331. The molecule has 0 radical (unpaired) electrons. The van der Waals surface area contributed by atoms with Crippen LogP contribution in [0.15, 0.2) is 36.7 Å². The van der Waals surface area contributed by atoms with Crippen LogP contribution in [0.1, 0.15) is 24.0 Å². The zero-order valence-electron chi connectivity index (χ0n) is 14.1. The highest BCUT2D eigenvalue weighted by molar-refractivity contribution is 5.78. The molecule has 7 nitrogen and oxygen atoms in total. The summed E-state index contributed by atoms with van der Waals surface area (Å²) in [7, 11) is 0. The maximum atomic E-state index is 12.2. The van der Waals surface area contributed by atoms with Crippen LogP contribution in [0, 0.1) is 17.2 Å². The van der Waals surface area contributed by atoms with Crippen molar-refractivity contribution in [3.63, 3.8) is 0 Å². The van der Waals surface area contributed by atoms with E-state index in [0.29, 0.717) is 24.6 Å². The first kappa shape index (κ1) is 17.1. The van der Waals surface area contributed by atoms with Crippen molar-refractivity contribution in [2.24, 2.45) is 5.92 Å². The Labute approximate surface area is 147 Å². The third-order valence-electron chi connectivity index (χ3n) is 4.46. The number of hydrogen-bond donors (Lipinski definition) is 1. The Balaban J connectivity index is 1.43. The molecule has 1 N–H and O–H groups in total. The van der Waals surface area contributed by atoms with Gasteiger partial charge in [0.25, 0.3) is 0 Å². The lowest BCUT2D eigenvalue weighted by Crippen LogP contribution is -2.43. The number of likely N-dealkylation sites (tertiary alicyclic amines) is 1. The second-order valence-corrected chi connectivity index (χ2v) is 6.45. The average molecular weight is 338 g/mol. The van der Waals surface area contributed by atoms with Crippen molar-refractivity contribution < 1.29 is 4.79 Å². The largest absolute Gasteiger partial charge is 0.351 e. The second kappa shape index (κ2) is 8.40. The predicted octanol–water partition coefficient (Wildman–Crippen LogP) is 1.18. The van der Waals surface area contributed by atoms with E-state index in [1.54, 1.807) is 18.3 Å². The molecule has 0 saturated carbocycles. The van der Waals surface area contributed by atoms with Crippen molar-refractivity contribution in [3.05, 3.63) is 47.8 Å². The molecule has 1 aliphatic heterocycles. The molecular weight excluding hydrogens is 316 g/mol. The highest BCUT2D eigenvalue weighted by Gasteiger charge is 2.22. The number of piperidine rings is 1. The predicted molar refractivity (Wildman–Crippen MR) is 92.2 cm³/mol. The maximum absolute atomic E-state index is 12.2. The molecule has 1 aromatic carbocycles. The van der Waals surface area contributed by atoms with Crippen molar-refractivity contribution in [2.45, 2.75) is 25.9 Å². The fraction of sp³-hybridized carbons (Fsp3) is 0.444. The van der Waals surface area contributed by atoms with Crippen molar-refractivity contribution in [1.82, 2.24) is 25.2 Å². The summed E-state index contributed by atoms with van der Waals surface area (Å²) in [5.41, 5.74) is 1.62. The Morgan fingerprint density at radius 3 is 2.92 bits per heavy atom. The summed E-state index contributed by atoms with van der Waals surface area (Å²) < 4.78 is 1.86. The first-order chi connectivity index (χ1) is 12.2. The fourth-order valence-electron chi connectivity index (χ4n) is 3.20. The standard InChI is InChI=1S/C18H22N6O/c19-10-15-3-5-16(6-4-15)11-20-18(25)14-23-8-1-2-17(12-23)13-24-9-7-21-22-24/h3-7,9,17H,1-2,8,11-14H2,(H,20,25). The van der Waals surface area contributed by atoms with E-state index in [1.165, 1.54) is 0 Å². The zero-order valence-corrected chi connectivity index (χ0v) is 14.1. The minimum Gasteiger partial charge on any atom is -0.351 e. The quantitative estimate of drug-likeness (QED) is 0.854. The van der Waals surface area contributed by atoms with Gasteiger partial charge in [0.15, 0.2) is 0 Å². The Hall–Kier alpha value is -2.72. The van der Waals surface area contributed by atoms with Crippen LogP contribution in [0.5, 0.6) is 0 Å². The number of rotatable bonds is 6. The van der Waals surface area contributed by atoms with Crippen LogP contribution in [0.3, 0.4) is 0 Å². The summed E-state index contributed by atoms with van der Waals surface area (Å²) in [5.74, 6) is 0.535. The van der Waals surface area contributed by atoms with Gasteiger partial charge in [-0.1, -0.05) is 17.3 Å². The summed E-state index contributed by atoms with van der Waals surface area (Å²) >= 11 is 0. The average Bonchev–Trinajstić information content (AvgIpc) is 3.14. The van der Waals surface area contributed by atoms with Gasteiger partial charge in [-0.05, 0) is 43.0 Å². The lowest BCUT2D eigenvalue weighted by atomic mass is 9.98. The summed E-state index contributed by atoms with van der Waals surface area (Å²) in [6, 6.07) is 9.36. The normalized spacial score (nSPS) is 17.8. The van der Waals surface area contributed by atoms with Gasteiger partial charge in [0, 0.05) is 25.8 Å². The molecule has 0 bridgehead atoms. The second-order valence-electron chi connectivity index (χ2n) is 6.45. The fourth-order valence-corrected chi connectivity index (χ4v) is 3.20. The van der Waals surface area contributed by atoms with E-state index < -0.39 is 0 Å². The number of hydrogen-bond acceptors (Lipinski definition) is 5. The van der Waals surface area contributed by atoms with E-state index in [9.17, 15) is 4.79 Å². The van der Waals surface area contributed by atoms with Gasteiger partial charge in [-0.3, -0.25) is 14.4 Å². The Morgan fingerprint density at radius 1 is 1.36 bits per heavy atom. The molecule has 1 atom stereocenters. The number of nitriles is 1. The molecule has 3 rings (SSSR count). The first-order valence-corrected chi connectivity index (χ1v) is 8.55. The van der Waals surface area contributed by atoms with Gasteiger partial charge in [0.05, 0.1) is 24.4 Å². The number of nitrogens with one attached hydrogen (secondary N) is 1. The molecule has 1 aromatic heterocycles. The molecule has 1 saturated heterocycles. The highest BCUT2D eigenvalue weighted by Crippen LogP contribution is 2.17. The van der Waals surface area contributed by atoms with E-state index in [-0.39, 0.29) is 5.91 Å². The molecule has 0 aliphatic carbocycles. The van der Waals surface area contributed by atoms with Crippen LogP contribution in [0.4, 0.5) is 0 Å². The van der Waals surface area contributed by atoms with E-state index in [0.717, 1.165) is 38.0 Å². The molecule has 130 valence electrons. The van der Waals surface area contributed by atoms with E-state index in [4.69, 9.17) is 5.26 Å². The van der Waals surface area contributed by atoms with Crippen LogP contribution < -0.4 is 5.32 Å². The van der Waals surface area contributed by atoms with Gasteiger partial charge >= 0.3 is 0 Å². The number of carbonyl (C=O) groups excluding carboxylic acids is 1. The van der Waals surface area contributed by atoms with Gasteiger partial charge in [-0.15, -0.1) is 5.10 Å². The number of carbonyl (C=O) groups is 1. The third-order valence-corrected chi connectivity index (χ3v) is 4.46. The van der Waals surface area contributed by atoms with Crippen molar-refractivity contribution in [3.8, 4) is 6.07 Å². The number of amides is 1. The summed E-state index contributed by atoms with van der Waals surface area (Å²) in [6.45, 7) is 3.62. The van der Waals surface area contributed by atoms with Crippen molar-refractivity contribution >= 4 is 5.91 Å². The lowest BCUT2D eigenvalue weighted by molar-refractivity contribution is -0.122. The monoisotopic (exact) mass is 338 g/mol. The molecular formula is C18H22N6O. The Kier molecular flexibility index (Phi) is 5.75. The molecule has 25 heavy (non-hydrogen) atoms. The van der Waals surface area contributed by atoms with Crippen LogP contribution in [0.2, 0.25) is 0 Å². The summed E-state index contributed by atoms with van der Waals surface area (Å²) in [6.07, 6.45) is 5.83. The Morgan fingerprint density at radius 2 is 2.20 bits per heavy atom. The van der Waals surface area contributed by atoms with Crippen molar-refractivity contribution in [2.75, 3.05) is 19.6 Å². The summed E-state index contributed by atoms with van der Waals surface area (Å²) in [5, 5.41) is 19.6. The first-order valence-electron chi connectivity index (χ1n) is 8.55. The van der Waals surface area contributed by atoms with E-state index >= 15 is 0 Å². The number of nitrogens with zero attached hydrogens (tertiary/aromatic N) is 5. The van der Waals surface area contributed by atoms with Crippen LogP contribution in [-0.4, -0.2) is 45.4 Å². The zero-order chi connectivity index (χ0) is 17.5. The van der Waals surface area contributed by atoms with Gasteiger partial charge in [-0.25, -0.2) is 0 Å². The molecule has 2 aromatic rings. The maximum Gasteiger partial charge on any atom is 0.234 e. The van der Waals surface area contributed by atoms with E-state index in [2.05, 4.69) is 26.6 Å². The smallest absolute Gasteiger partial charge is 0.234 e. The van der Waals surface area contributed by atoms with E-state index in [1.807, 2.05) is 23.0 Å². The Bertz CT molecular complexity index is 719.